The van der Waals surface area contributed by atoms with E-state index in [0.717, 1.165) is 12.1 Å². The molecule has 0 spiro atoms. The van der Waals surface area contributed by atoms with E-state index in [0.29, 0.717) is 0 Å². The second-order valence-corrected chi connectivity index (χ2v) is 3.89. The van der Waals surface area contributed by atoms with Crippen molar-refractivity contribution in [1.29, 1.82) is 0 Å². The molecule has 0 aliphatic rings. The lowest BCUT2D eigenvalue weighted by atomic mass is 10.1. The van der Waals surface area contributed by atoms with E-state index in [4.69, 9.17) is 10.8 Å². The van der Waals surface area contributed by atoms with Crippen molar-refractivity contribution in [2.24, 2.45) is 0 Å². The number of halogens is 1. The number of nitrogens with two attached hydrogens (primary N) is 1. The molecule has 2 rings (SSSR count). The SMILES string of the molecule is Nc1cc(F)ccc1NC(=O)c1ccc(O)c(O)c1. The topological polar surface area (TPSA) is 95.6 Å². The third kappa shape index (κ3) is 2.74. The molecular weight excluding hydrogens is 251 g/mol. The number of carbonyl (C=O) groups excluding carboxylic acids is 1. The third-order valence-electron chi connectivity index (χ3n) is 2.50. The highest BCUT2D eigenvalue weighted by atomic mass is 19.1. The number of amides is 1. The number of aromatic hydroxyl groups is 2. The predicted molar refractivity (Wildman–Crippen MR) is 68.5 cm³/mol. The summed E-state index contributed by atoms with van der Waals surface area (Å²) in [6, 6.07) is 7.24. The van der Waals surface area contributed by atoms with Crippen LogP contribution in [0.4, 0.5) is 15.8 Å². The minimum atomic E-state index is -0.534. The van der Waals surface area contributed by atoms with Gasteiger partial charge in [-0.1, -0.05) is 0 Å². The summed E-state index contributed by atoms with van der Waals surface area (Å²) < 4.78 is 12.9. The number of rotatable bonds is 2. The maximum absolute atomic E-state index is 12.9. The van der Waals surface area contributed by atoms with Gasteiger partial charge in [0, 0.05) is 5.56 Å². The van der Waals surface area contributed by atoms with Crippen LogP contribution in [-0.2, 0) is 0 Å². The minimum Gasteiger partial charge on any atom is -0.504 e. The molecule has 1 amide bonds. The summed E-state index contributed by atoms with van der Waals surface area (Å²) in [5.74, 6) is -1.76. The Hall–Kier alpha value is -2.76. The average molecular weight is 262 g/mol. The van der Waals surface area contributed by atoms with Crippen molar-refractivity contribution in [3.63, 3.8) is 0 Å². The number of nitrogens with one attached hydrogen (secondary N) is 1. The number of phenolic OH excluding ortho intramolecular Hbond substituents is 2. The lowest BCUT2D eigenvalue weighted by molar-refractivity contribution is 0.102. The van der Waals surface area contributed by atoms with Gasteiger partial charge in [-0.3, -0.25) is 4.79 Å². The van der Waals surface area contributed by atoms with Crippen LogP contribution in [-0.4, -0.2) is 16.1 Å². The summed E-state index contributed by atoms with van der Waals surface area (Å²) in [7, 11) is 0. The molecule has 5 nitrogen and oxygen atoms in total. The molecule has 2 aromatic rings. The molecule has 98 valence electrons. The van der Waals surface area contributed by atoms with Gasteiger partial charge in [0.1, 0.15) is 5.82 Å². The van der Waals surface area contributed by atoms with Crippen molar-refractivity contribution in [2.45, 2.75) is 0 Å². The van der Waals surface area contributed by atoms with E-state index in [1.807, 2.05) is 0 Å². The highest BCUT2D eigenvalue weighted by molar-refractivity contribution is 6.06. The summed E-state index contributed by atoms with van der Waals surface area (Å²) in [5, 5.41) is 20.9. The lowest BCUT2D eigenvalue weighted by Crippen LogP contribution is -2.13. The molecule has 0 aromatic heterocycles. The first-order chi connectivity index (χ1) is 8.97. The average Bonchev–Trinajstić information content (AvgIpc) is 2.36. The van der Waals surface area contributed by atoms with Crippen LogP contribution >= 0.6 is 0 Å². The number of hydrogen-bond acceptors (Lipinski definition) is 4. The number of phenols is 2. The second-order valence-electron chi connectivity index (χ2n) is 3.89. The van der Waals surface area contributed by atoms with Crippen LogP contribution < -0.4 is 11.1 Å². The Balaban J connectivity index is 2.23. The molecule has 0 fully saturated rings. The number of hydrogen-bond donors (Lipinski definition) is 4. The van der Waals surface area contributed by atoms with Gasteiger partial charge in [0.2, 0.25) is 0 Å². The van der Waals surface area contributed by atoms with E-state index in [-0.39, 0.29) is 22.7 Å². The molecule has 19 heavy (non-hydrogen) atoms. The van der Waals surface area contributed by atoms with Gasteiger partial charge in [0.15, 0.2) is 11.5 Å². The molecule has 0 saturated heterocycles. The zero-order valence-corrected chi connectivity index (χ0v) is 9.72. The molecule has 0 unspecified atom stereocenters. The normalized spacial score (nSPS) is 10.2. The third-order valence-corrected chi connectivity index (χ3v) is 2.50. The number of benzene rings is 2. The number of nitrogen functional groups attached to an aromatic ring is 1. The van der Waals surface area contributed by atoms with Crippen LogP contribution in [0.1, 0.15) is 10.4 Å². The highest BCUT2D eigenvalue weighted by Gasteiger charge is 2.10. The van der Waals surface area contributed by atoms with Crippen molar-refractivity contribution in [2.75, 3.05) is 11.1 Å². The first-order valence-electron chi connectivity index (χ1n) is 5.36. The summed E-state index contributed by atoms with van der Waals surface area (Å²) in [5.41, 5.74) is 6.05. The summed E-state index contributed by atoms with van der Waals surface area (Å²) in [4.78, 5) is 11.9. The molecule has 0 heterocycles. The van der Waals surface area contributed by atoms with Gasteiger partial charge in [-0.15, -0.1) is 0 Å². The summed E-state index contributed by atoms with van der Waals surface area (Å²) in [6.07, 6.45) is 0. The summed E-state index contributed by atoms with van der Waals surface area (Å²) in [6.45, 7) is 0. The maximum atomic E-state index is 12.9. The fourth-order valence-corrected chi connectivity index (χ4v) is 1.51. The quantitative estimate of drug-likeness (QED) is 0.492. The van der Waals surface area contributed by atoms with Gasteiger partial charge in [-0.25, -0.2) is 4.39 Å². The highest BCUT2D eigenvalue weighted by Crippen LogP contribution is 2.26. The fourth-order valence-electron chi connectivity index (χ4n) is 1.51. The van der Waals surface area contributed by atoms with Crippen LogP contribution in [0.5, 0.6) is 11.5 Å². The molecular formula is C13H11FN2O3. The van der Waals surface area contributed by atoms with E-state index in [1.54, 1.807) is 0 Å². The van der Waals surface area contributed by atoms with Crippen LogP contribution in [0.25, 0.3) is 0 Å². The van der Waals surface area contributed by atoms with Gasteiger partial charge in [-0.2, -0.15) is 0 Å². The molecule has 0 radical (unpaired) electrons. The molecule has 2 aromatic carbocycles. The Morgan fingerprint density at radius 3 is 2.47 bits per heavy atom. The minimum absolute atomic E-state index is 0.0938. The predicted octanol–water partition coefficient (Wildman–Crippen LogP) is 2.07. The number of carbonyl (C=O) groups is 1. The van der Waals surface area contributed by atoms with Crippen molar-refractivity contribution in [1.82, 2.24) is 0 Å². The molecule has 0 saturated carbocycles. The molecule has 0 aliphatic heterocycles. The van der Waals surface area contributed by atoms with Crippen molar-refractivity contribution in [3.8, 4) is 11.5 Å². The van der Waals surface area contributed by atoms with Crippen LogP contribution in [0.2, 0.25) is 0 Å². The standard InChI is InChI=1S/C13H11FN2O3/c14-8-2-3-10(9(15)6-8)16-13(19)7-1-4-11(17)12(18)5-7/h1-6,17-18H,15H2,(H,16,19). The monoisotopic (exact) mass is 262 g/mol. The molecule has 0 aliphatic carbocycles. The Morgan fingerprint density at radius 2 is 1.84 bits per heavy atom. The first-order valence-corrected chi connectivity index (χ1v) is 5.36. The van der Waals surface area contributed by atoms with E-state index >= 15 is 0 Å². The molecule has 0 bridgehead atoms. The zero-order chi connectivity index (χ0) is 14.0. The van der Waals surface area contributed by atoms with Gasteiger partial charge < -0.3 is 21.3 Å². The van der Waals surface area contributed by atoms with E-state index in [1.165, 1.54) is 24.3 Å². The fraction of sp³-hybridized carbons (Fsp3) is 0. The molecule has 0 atom stereocenters. The first kappa shape index (κ1) is 12.7. The van der Waals surface area contributed by atoms with Crippen LogP contribution in [0, 0.1) is 5.82 Å². The zero-order valence-electron chi connectivity index (χ0n) is 9.72. The molecule has 5 N–H and O–H groups in total. The van der Waals surface area contributed by atoms with E-state index in [9.17, 15) is 14.3 Å². The smallest absolute Gasteiger partial charge is 0.255 e. The van der Waals surface area contributed by atoms with Gasteiger partial charge in [0.05, 0.1) is 11.4 Å². The second kappa shape index (κ2) is 4.85. The Morgan fingerprint density at radius 1 is 1.11 bits per heavy atom. The Bertz CT molecular complexity index is 644. The van der Waals surface area contributed by atoms with Crippen molar-refractivity contribution >= 4 is 17.3 Å². The Kier molecular flexibility index (Phi) is 3.24. The lowest BCUT2D eigenvalue weighted by Gasteiger charge is -2.08. The van der Waals surface area contributed by atoms with Gasteiger partial charge in [0.25, 0.3) is 5.91 Å². The van der Waals surface area contributed by atoms with Crippen molar-refractivity contribution < 1.29 is 19.4 Å². The maximum Gasteiger partial charge on any atom is 0.255 e. The van der Waals surface area contributed by atoms with Crippen molar-refractivity contribution in [3.05, 3.63) is 47.8 Å². The van der Waals surface area contributed by atoms with Crippen LogP contribution in [0.3, 0.4) is 0 Å². The molecule has 6 heteroatoms. The summed E-state index contributed by atoms with van der Waals surface area (Å²) >= 11 is 0. The van der Waals surface area contributed by atoms with Crippen LogP contribution in [0.15, 0.2) is 36.4 Å². The number of anilines is 2. The van der Waals surface area contributed by atoms with E-state index in [2.05, 4.69) is 5.32 Å². The van der Waals surface area contributed by atoms with Gasteiger partial charge in [-0.05, 0) is 36.4 Å². The largest absolute Gasteiger partial charge is 0.504 e. The van der Waals surface area contributed by atoms with E-state index < -0.39 is 17.5 Å². The van der Waals surface area contributed by atoms with Gasteiger partial charge >= 0.3 is 0 Å². The Labute approximate surface area is 108 Å².